The average Bonchev–Trinajstić information content (AvgIpc) is 1.01. The third-order valence-corrected chi connectivity index (χ3v) is 21.7. The van der Waals surface area contributed by atoms with E-state index in [1.807, 2.05) is 0 Å². The molecule has 2 atom stereocenters. The predicted molar refractivity (Wildman–Crippen MR) is 441 cm³/mol. The van der Waals surface area contributed by atoms with Crippen LogP contribution >= 0.6 is 7.82 Å². The Hall–Kier alpha value is -2.03. The second-order valence-electron chi connectivity index (χ2n) is 30.8. The van der Waals surface area contributed by atoms with E-state index in [1.165, 1.54) is 411 Å². The number of hydrogen-bond donors (Lipinski definition) is 2. The Bertz CT molecular complexity index is 1800. The van der Waals surface area contributed by atoms with Crippen molar-refractivity contribution in [2.24, 2.45) is 5.73 Å². The van der Waals surface area contributed by atoms with Crippen molar-refractivity contribution in [3.8, 4) is 0 Å². The van der Waals surface area contributed by atoms with Crippen LogP contribution in [0.5, 0.6) is 0 Å². The number of phosphoric ester groups is 1. The van der Waals surface area contributed by atoms with Crippen LogP contribution in [0, 0.1) is 0 Å². The van der Waals surface area contributed by atoms with Gasteiger partial charge in [-0.15, -0.1) is 0 Å². The maximum Gasteiger partial charge on any atom is 0.472 e. The third-order valence-electron chi connectivity index (χ3n) is 20.7. The summed E-state index contributed by atoms with van der Waals surface area (Å²) < 4.78 is 33.4. The topological polar surface area (TPSA) is 134 Å². The number of unbranched alkanes of at least 4 members (excludes halogenated alkanes) is 66. The fraction of sp³-hybridized carbons (Fsp3) is 0.890. The number of ether oxygens (including phenoxy) is 2. The van der Waals surface area contributed by atoms with E-state index < -0.39 is 26.5 Å². The molecule has 0 amide bonds. The zero-order valence-corrected chi connectivity index (χ0v) is 68.6. The van der Waals surface area contributed by atoms with Crippen LogP contribution < -0.4 is 5.73 Å². The van der Waals surface area contributed by atoms with E-state index in [-0.39, 0.29) is 38.6 Å². The lowest BCUT2D eigenvalue weighted by Crippen LogP contribution is -2.29. The summed E-state index contributed by atoms with van der Waals surface area (Å²) in [4.78, 5) is 35.5. The van der Waals surface area contributed by atoms with Gasteiger partial charge in [0, 0.05) is 19.4 Å². The molecule has 0 heterocycles. The summed E-state index contributed by atoms with van der Waals surface area (Å²) in [6.07, 6.45) is 115. The zero-order valence-electron chi connectivity index (χ0n) is 67.7. The predicted octanol–water partition coefficient (Wildman–Crippen LogP) is 30.7. The van der Waals surface area contributed by atoms with Crippen LogP contribution in [0.15, 0.2) is 48.6 Å². The molecule has 0 saturated carbocycles. The third kappa shape index (κ3) is 86.8. The Labute approximate surface area is 629 Å². The van der Waals surface area contributed by atoms with Crippen LogP contribution in [0.2, 0.25) is 0 Å². The maximum atomic E-state index is 12.8. The lowest BCUT2D eigenvalue weighted by molar-refractivity contribution is -0.161. The lowest BCUT2D eigenvalue weighted by Gasteiger charge is -2.19. The molecule has 0 aromatic rings. The SMILES string of the molecule is CCCCCCC/C=C\C/C=C\C/C=C\CCCCCCCCCCCCCCCCCCCCCCCCCCC(=O)OC(COC(=O)CCCCCCCCCCCCCCCCCCCCCCCCCCCCCCC/C=C\CCCCCCCCCC)COP(=O)(O)OCCN. The molecule has 101 heavy (non-hydrogen) atoms. The van der Waals surface area contributed by atoms with Gasteiger partial charge in [0.2, 0.25) is 0 Å². The fourth-order valence-electron chi connectivity index (χ4n) is 14.0. The summed E-state index contributed by atoms with van der Waals surface area (Å²) in [5.74, 6) is -0.798. The Morgan fingerprint density at radius 3 is 0.772 bits per heavy atom. The first-order chi connectivity index (χ1) is 49.8. The lowest BCUT2D eigenvalue weighted by atomic mass is 10.0. The standard InChI is InChI=1S/C91H174NO8P/c1-3-5-7-9-11-13-15-17-19-21-23-25-27-29-31-33-35-37-39-41-43-44-46-47-49-51-53-55-57-59-61-63-65-67-69-71-73-75-77-79-81-83-90(93)97-87-89(88-99-101(95,96)98-86-85-92)100-91(94)84-82-80-78-76-74-72-70-68-66-64-62-60-58-56-54-52-50-48-45-42-40-38-36-34-32-30-28-26-24-22-20-18-16-14-12-10-8-6-4-2/h16,18,21-24,28,30,89H,3-15,17,19-20,25-27,29,31-88,92H2,1-2H3,(H,95,96)/b18-16-,23-21-,24-22-,30-28-. The van der Waals surface area contributed by atoms with Crippen molar-refractivity contribution in [1.82, 2.24) is 0 Å². The number of carbonyl (C=O) groups excluding carboxylic acids is 2. The number of allylic oxidation sites excluding steroid dienone is 8. The molecule has 0 aliphatic rings. The van der Waals surface area contributed by atoms with E-state index in [9.17, 15) is 19.0 Å². The summed E-state index contributed by atoms with van der Waals surface area (Å²) in [6.45, 7) is 3.82. The molecule has 0 aromatic heterocycles. The van der Waals surface area contributed by atoms with Gasteiger partial charge in [-0.3, -0.25) is 18.6 Å². The number of esters is 2. The van der Waals surface area contributed by atoms with Crippen LogP contribution in [-0.4, -0.2) is 49.3 Å². The van der Waals surface area contributed by atoms with Crippen molar-refractivity contribution < 1.29 is 37.6 Å². The van der Waals surface area contributed by atoms with Gasteiger partial charge in [0.15, 0.2) is 6.10 Å². The molecule has 2 unspecified atom stereocenters. The van der Waals surface area contributed by atoms with Crippen LogP contribution in [0.1, 0.15) is 489 Å². The molecule has 0 spiro atoms. The van der Waals surface area contributed by atoms with E-state index in [2.05, 4.69) is 62.5 Å². The minimum Gasteiger partial charge on any atom is -0.462 e. The Kier molecular flexibility index (Phi) is 85.1. The smallest absolute Gasteiger partial charge is 0.462 e. The monoisotopic (exact) mass is 1440 g/mol. The molecule has 9 nitrogen and oxygen atoms in total. The van der Waals surface area contributed by atoms with Gasteiger partial charge in [-0.2, -0.15) is 0 Å². The molecule has 0 aromatic carbocycles. The number of phosphoric acid groups is 1. The molecule has 0 aliphatic carbocycles. The van der Waals surface area contributed by atoms with Gasteiger partial charge in [0.1, 0.15) is 6.61 Å². The molecule has 0 fully saturated rings. The van der Waals surface area contributed by atoms with Crippen molar-refractivity contribution in [3.05, 3.63) is 48.6 Å². The van der Waals surface area contributed by atoms with E-state index in [4.69, 9.17) is 24.3 Å². The Morgan fingerprint density at radius 1 is 0.297 bits per heavy atom. The van der Waals surface area contributed by atoms with Crippen molar-refractivity contribution in [2.45, 2.75) is 495 Å². The van der Waals surface area contributed by atoms with Crippen molar-refractivity contribution in [2.75, 3.05) is 26.4 Å². The van der Waals surface area contributed by atoms with Crippen molar-refractivity contribution in [3.63, 3.8) is 0 Å². The van der Waals surface area contributed by atoms with Gasteiger partial charge in [-0.05, 0) is 77.0 Å². The number of hydrogen-bond acceptors (Lipinski definition) is 8. The molecule has 0 bridgehead atoms. The summed E-state index contributed by atoms with van der Waals surface area (Å²) in [5.41, 5.74) is 5.43. The quantitative estimate of drug-likeness (QED) is 0.0264. The first-order valence-electron chi connectivity index (χ1n) is 45.1. The first kappa shape index (κ1) is 99.0. The number of rotatable bonds is 87. The summed E-state index contributed by atoms with van der Waals surface area (Å²) in [7, 11) is -4.40. The fourth-order valence-corrected chi connectivity index (χ4v) is 14.8. The molecule has 596 valence electrons. The van der Waals surface area contributed by atoms with Gasteiger partial charge in [-0.1, -0.05) is 448 Å². The van der Waals surface area contributed by atoms with Gasteiger partial charge in [-0.25, -0.2) is 4.57 Å². The minimum atomic E-state index is -4.40. The van der Waals surface area contributed by atoms with Gasteiger partial charge < -0.3 is 20.1 Å². The maximum absolute atomic E-state index is 12.8. The van der Waals surface area contributed by atoms with Gasteiger partial charge in [0.05, 0.1) is 13.2 Å². The normalized spacial score (nSPS) is 13.0. The summed E-state index contributed by atoms with van der Waals surface area (Å²) >= 11 is 0. The highest BCUT2D eigenvalue weighted by Crippen LogP contribution is 2.43. The van der Waals surface area contributed by atoms with Gasteiger partial charge >= 0.3 is 19.8 Å². The van der Waals surface area contributed by atoms with E-state index in [0.717, 1.165) is 44.9 Å². The van der Waals surface area contributed by atoms with Crippen LogP contribution in [0.3, 0.4) is 0 Å². The number of nitrogens with two attached hydrogens (primary N) is 1. The highest BCUT2D eigenvalue weighted by molar-refractivity contribution is 7.47. The minimum absolute atomic E-state index is 0.0566. The molecular formula is C91H174NO8P. The van der Waals surface area contributed by atoms with Crippen LogP contribution in [0.25, 0.3) is 0 Å². The highest BCUT2D eigenvalue weighted by Gasteiger charge is 2.26. The van der Waals surface area contributed by atoms with E-state index in [0.29, 0.717) is 6.42 Å². The van der Waals surface area contributed by atoms with Crippen molar-refractivity contribution in [1.29, 1.82) is 0 Å². The first-order valence-corrected chi connectivity index (χ1v) is 46.6. The molecule has 0 radical (unpaired) electrons. The second kappa shape index (κ2) is 86.9. The van der Waals surface area contributed by atoms with Crippen molar-refractivity contribution >= 4 is 19.8 Å². The molecule has 0 aliphatic heterocycles. The largest absolute Gasteiger partial charge is 0.472 e. The second-order valence-corrected chi connectivity index (χ2v) is 32.3. The molecule has 0 rings (SSSR count). The number of carbonyl (C=O) groups is 2. The molecular weight excluding hydrogens is 1270 g/mol. The Morgan fingerprint density at radius 2 is 0.515 bits per heavy atom. The summed E-state index contributed by atoms with van der Waals surface area (Å²) in [6, 6.07) is 0. The van der Waals surface area contributed by atoms with Gasteiger partial charge in [0.25, 0.3) is 0 Å². The summed E-state index contributed by atoms with van der Waals surface area (Å²) in [5, 5.41) is 0. The zero-order chi connectivity index (χ0) is 72.9. The Balaban J connectivity index is 3.69. The highest BCUT2D eigenvalue weighted by atomic mass is 31.2. The van der Waals surface area contributed by atoms with Crippen LogP contribution in [0.4, 0.5) is 0 Å². The molecule has 10 heteroatoms. The van der Waals surface area contributed by atoms with E-state index >= 15 is 0 Å². The van der Waals surface area contributed by atoms with Crippen LogP contribution in [-0.2, 0) is 32.7 Å². The average molecular weight is 1440 g/mol. The van der Waals surface area contributed by atoms with E-state index in [1.54, 1.807) is 0 Å². The molecule has 3 N–H and O–H groups in total. The molecule has 0 saturated heterocycles.